The van der Waals surface area contributed by atoms with Crippen LogP contribution in [-0.2, 0) is 6.42 Å². The normalized spacial score (nSPS) is 10.6. The SMILES string of the molecule is CCc1nc2ccccc2[se]1. The van der Waals surface area contributed by atoms with Gasteiger partial charge in [0.2, 0.25) is 0 Å². The van der Waals surface area contributed by atoms with Crippen LogP contribution < -0.4 is 0 Å². The fourth-order valence-corrected chi connectivity index (χ4v) is 2.97. The van der Waals surface area contributed by atoms with Gasteiger partial charge in [-0.15, -0.1) is 0 Å². The van der Waals surface area contributed by atoms with Crippen molar-refractivity contribution in [3.8, 4) is 0 Å². The monoisotopic (exact) mass is 211 g/mol. The van der Waals surface area contributed by atoms with Gasteiger partial charge in [-0.3, -0.25) is 0 Å². The summed E-state index contributed by atoms with van der Waals surface area (Å²) >= 11 is 0.519. The maximum atomic E-state index is 4.51. The van der Waals surface area contributed by atoms with E-state index in [9.17, 15) is 0 Å². The van der Waals surface area contributed by atoms with Gasteiger partial charge in [0.15, 0.2) is 0 Å². The van der Waals surface area contributed by atoms with Gasteiger partial charge in [-0.2, -0.15) is 0 Å². The number of hydrogen-bond acceptors (Lipinski definition) is 1. The van der Waals surface area contributed by atoms with E-state index in [1.165, 1.54) is 14.3 Å². The Morgan fingerprint density at radius 2 is 2.18 bits per heavy atom. The molecule has 1 aromatic heterocycles. The zero-order valence-corrected chi connectivity index (χ0v) is 8.09. The standard InChI is InChI=1S/C9H9NSe/c1-2-9-10-7-5-3-4-6-8(7)11-9/h3-6H,2H2,1H3. The summed E-state index contributed by atoms with van der Waals surface area (Å²) in [6, 6.07) is 8.42. The molecule has 0 radical (unpaired) electrons. The molecule has 0 atom stereocenters. The first-order valence-electron chi connectivity index (χ1n) is 3.74. The zero-order chi connectivity index (χ0) is 7.68. The van der Waals surface area contributed by atoms with Crippen molar-refractivity contribution >= 4 is 24.3 Å². The summed E-state index contributed by atoms with van der Waals surface area (Å²) in [4.78, 5) is 4.51. The Labute approximate surface area is 71.8 Å². The quantitative estimate of drug-likeness (QED) is 0.654. The van der Waals surface area contributed by atoms with E-state index in [0.717, 1.165) is 6.42 Å². The molecule has 0 aliphatic rings. The molecule has 0 aliphatic heterocycles. The summed E-state index contributed by atoms with van der Waals surface area (Å²) in [5.74, 6) is 0. The van der Waals surface area contributed by atoms with Gasteiger partial charge in [-0.1, -0.05) is 0 Å². The van der Waals surface area contributed by atoms with Crippen molar-refractivity contribution in [3.05, 3.63) is 28.8 Å². The molecule has 0 saturated carbocycles. The van der Waals surface area contributed by atoms with E-state index in [2.05, 4.69) is 36.2 Å². The van der Waals surface area contributed by atoms with Crippen molar-refractivity contribution in [2.75, 3.05) is 0 Å². The first-order valence-corrected chi connectivity index (χ1v) is 5.46. The van der Waals surface area contributed by atoms with Crippen LogP contribution in [0.5, 0.6) is 0 Å². The molecule has 2 rings (SSSR count). The predicted octanol–water partition coefficient (Wildman–Crippen LogP) is 1.85. The minimum absolute atomic E-state index is 0.519. The van der Waals surface area contributed by atoms with Gasteiger partial charge >= 0.3 is 71.4 Å². The van der Waals surface area contributed by atoms with E-state index < -0.39 is 0 Å². The molecule has 0 unspecified atom stereocenters. The van der Waals surface area contributed by atoms with Crippen LogP contribution in [0.3, 0.4) is 0 Å². The van der Waals surface area contributed by atoms with Crippen LogP contribution in [0.15, 0.2) is 24.3 Å². The summed E-state index contributed by atoms with van der Waals surface area (Å²) in [7, 11) is 0. The third-order valence-electron chi connectivity index (χ3n) is 1.64. The molecule has 0 N–H and O–H groups in total. The van der Waals surface area contributed by atoms with Crippen LogP contribution in [0.4, 0.5) is 0 Å². The fourth-order valence-electron chi connectivity index (χ4n) is 1.07. The topological polar surface area (TPSA) is 12.9 Å². The Morgan fingerprint density at radius 3 is 2.91 bits per heavy atom. The summed E-state index contributed by atoms with van der Waals surface area (Å²) in [6.07, 6.45) is 1.11. The van der Waals surface area contributed by atoms with E-state index >= 15 is 0 Å². The molecular formula is C9H9NSe. The molecule has 2 aromatic rings. The van der Waals surface area contributed by atoms with Crippen molar-refractivity contribution in [3.63, 3.8) is 0 Å². The molecule has 0 amide bonds. The molecular weight excluding hydrogens is 201 g/mol. The number of hydrogen-bond donors (Lipinski definition) is 0. The predicted molar refractivity (Wildman–Crippen MR) is 48.1 cm³/mol. The van der Waals surface area contributed by atoms with Gasteiger partial charge in [0.05, 0.1) is 0 Å². The van der Waals surface area contributed by atoms with Gasteiger partial charge in [0.25, 0.3) is 0 Å². The Balaban J connectivity index is 2.69. The molecule has 11 heavy (non-hydrogen) atoms. The summed E-state index contributed by atoms with van der Waals surface area (Å²) < 4.78 is 2.82. The van der Waals surface area contributed by atoms with Gasteiger partial charge in [-0.05, 0) is 0 Å². The molecule has 0 fully saturated rings. The molecule has 56 valence electrons. The van der Waals surface area contributed by atoms with Crippen LogP contribution in [0, 0.1) is 0 Å². The molecule has 0 aliphatic carbocycles. The average Bonchev–Trinajstić information content (AvgIpc) is 2.46. The van der Waals surface area contributed by atoms with Crippen LogP contribution in [0.2, 0.25) is 0 Å². The van der Waals surface area contributed by atoms with Crippen LogP contribution >= 0.6 is 0 Å². The first kappa shape index (κ1) is 7.08. The molecule has 2 heteroatoms. The summed E-state index contributed by atoms with van der Waals surface area (Å²) in [6.45, 7) is 2.17. The Morgan fingerprint density at radius 1 is 1.36 bits per heavy atom. The number of rotatable bonds is 1. The van der Waals surface area contributed by atoms with Gasteiger partial charge in [0, 0.05) is 0 Å². The number of fused-ring (bicyclic) bond motifs is 1. The van der Waals surface area contributed by atoms with Gasteiger partial charge in [0.1, 0.15) is 0 Å². The summed E-state index contributed by atoms with van der Waals surface area (Å²) in [5, 5.41) is 0. The molecule has 0 bridgehead atoms. The molecule has 1 aromatic carbocycles. The Bertz CT molecular complexity index is 331. The van der Waals surface area contributed by atoms with E-state index in [1.807, 2.05) is 0 Å². The number of benzene rings is 1. The Kier molecular flexibility index (Phi) is 1.80. The van der Waals surface area contributed by atoms with E-state index in [0.29, 0.717) is 14.5 Å². The number of aromatic nitrogens is 1. The van der Waals surface area contributed by atoms with E-state index in [4.69, 9.17) is 0 Å². The number of nitrogens with zero attached hydrogens (tertiary/aromatic N) is 1. The van der Waals surface area contributed by atoms with E-state index in [-0.39, 0.29) is 0 Å². The molecule has 1 nitrogen and oxygen atoms in total. The second-order valence-corrected chi connectivity index (χ2v) is 4.77. The van der Waals surface area contributed by atoms with Crippen molar-refractivity contribution in [1.82, 2.24) is 4.98 Å². The van der Waals surface area contributed by atoms with Gasteiger partial charge < -0.3 is 0 Å². The third kappa shape index (κ3) is 1.24. The molecule has 1 heterocycles. The van der Waals surface area contributed by atoms with Crippen LogP contribution in [0.1, 0.15) is 11.5 Å². The Hall–Kier alpha value is -0.591. The van der Waals surface area contributed by atoms with Gasteiger partial charge in [-0.25, -0.2) is 0 Å². The number of para-hydroxylation sites is 1. The van der Waals surface area contributed by atoms with Crippen molar-refractivity contribution < 1.29 is 0 Å². The van der Waals surface area contributed by atoms with Crippen LogP contribution in [0.25, 0.3) is 9.78 Å². The van der Waals surface area contributed by atoms with Crippen molar-refractivity contribution in [1.29, 1.82) is 0 Å². The second-order valence-electron chi connectivity index (χ2n) is 2.43. The summed E-state index contributed by atoms with van der Waals surface area (Å²) in [5.41, 5.74) is 1.20. The third-order valence-corrected chi connectivity index (χ3v) is 4.12. The molecule has 0 spiro atoms. The number of aryl methyl sites for hydroxylation is 1. The first-order chi connectivity index (χ1) is 5.40. The average molecular weight is 210 g/mol. The van der Waals surface area contributed by atoms with E-state index in [1.54, 1.807) is 0 Å². The fraction of sp³-hybridized carbons (Fsp3) is 0.222. The maximum absolute atomic E-state index is 4.51. The van der Waals surface area contributed by atoms with Crippen molar-refractivity contribution in [2.24, 2.45) is 0 Å². The minimum atomic E-state index is 0.519. The van der Waals surface area contributed by atoms with Crippen LogP contribution in [-0.4, -0.2) is 19.5 Å². The molecule has 0 saturated heterocycles. The zero-order valence-electron chi connectivity index (χ0n) is 6.37. The second kappa shape index (κ2) is 2.80. The van der Waals surface area contributed by atoms with Crippen molar-refractivity contribution in [2.45, 2.75) is 13.3 Å².